The van der Waals surface area contributed by atoms with Crippen LogP contribution >= 0.6 is 11.8 Å². The molecule has 3 heteroatoms. The van der Waals surface area contributed by atoms with Crippen LogP contribution in [0, 0.1) is 6.92 Å². The van der Waals surface area contributed by atoms with Crippen LogP contribution in [0.15, 0.2) is 23.1 Å². The minimum absolute atomic E-state index is 0.247. The standard InChI is InChI=1S/C11H14O2S/c1-4-13-11(12)9-6-5-8(2)10(7-9)14-3/h5-7H,4H2,1-3H3. The molecule has 0 N–H and O–H groups in total. The lowest BCUT2D eigenvalue weighted by molar-refractivity contribution is 0.0526. The fourth-order valence-corrected chi connectivity index (χ4v) is 1.80. The van der Waals surface area contributed by atoms with E-state index in [1.807, 2.05) is 32.2 Å². The highest BCUT2D eigenvalue weighted by atomic mass is 32.2. The molecule has 0 atom stereocenters. The van der Waals surface area contributed by atoms with Gasteiger partial charge >= 0.3 is 5.97 Å². The van der Waals surface area contributed by atoms with Crippen LogP contribution in [0.2, 0.25) is 0 Å². The third kappa shape index (κ3) is 2.51. The first-order chi connectivity index (χ1) is 6.69. The summed E-state index contributed by atoms with van der Waals surface area (Å²) in [5, 5.41) is 0. The third-order valence-corrected chi connectivity index (χ3v) is 2.80. The molecule has 0 aliphatic heterocycles. The maximum absolute atomic E-state index is 11.4. The molecule has 0 saturated carbocycles. The van der Waals surface area contributed by atoms with Crippen molar-refractivity contribution in [1.82, 2.24) is 0 Å². The predicted octanol–water partition coefficient (Wildman–Crippen LogP) is 2.89. The molecule has 0 fully saturated rings. The fourth-order valence-electron chi connectivity index (χ4n) is 1.16. The molecule has 0 aromatic heterocycles. The lowest BCUT2D eigenvalue weighted by Crippen LogP contribution is -2.04. The summed E-state index contributed by atoms with van der Waals surface area (Å²) in [7, 11) is 0. The van der Waals surface area contributed by atoms with Crippen molar-refractivity contribution in [2.45, 2.75) is 18.7 Å². The van der Waals surface area contributed by atoms with E-state index in [2.05, 4.69) is 0 Å². The Morgan fingerprint density at radius 2 is 2.21 bits per heavy atom. The quantitative estimate of drug-likeness (QED) is 0.567. The normalized spacial score (nSPS) is 9.93. The largest absolute Gasteiger partial charge is 0.462 e. The third-order valence-electron chi connectivity index (χ3n) is 1.92. The average Bonchev–Trinajstić information content (AvgIpc) is 2.19. The predicted molar refractivity (Wildman–Crippen MR) is 58.9 cm³/mol. The van der Waals surface area contributed by atoms with E-state index in [0.29, 0.717) is 12.2 Å². The van der Waals surface area contributed by atoms with Crippen molar-refractivity contribution in [3.63, 3.8) is 0 Å². The highest BCUT2D eigenvalue weighted by Crippen LogP contribution is 2.21. The van der Waals surface area contributed by atoms with Gasteiger partial charge in [-0.1, -0.05) is 6.07 Å². The van der Waals surface area contributed by atoms with Crippen molar-refractivity contribution in [2.24, 2.45) is 0 Å². The van der Waals surface area contributed by atoms with Gasteiger partial charge in [0, 0.05) is 4.90 Å². The molecular formula is C11H14O2S. The van der Waals surface area contributed by atoms with Gasteiger partial charge in [0.15, 0.2) is 0 Å². The van der Waals surface area contributed by atoms with Gasteiger partial charge in [0.25, 0.3) is 0 Å². The molecule has 0 aliphatic carbocycles. The summed E-state index contributed by atoms with van der Waals surface area (Å²) >= 11 is 1.64. The molecule has 0 spiro atoms. The molecule has 2 nitrogen and oxygen atoms in total. The first kappa shape index (κ1) is 11.1. The first-order valence-corrected chi connectivity index (χ1v) is 5.73. The van der Waals surface area contributed by atoms with Gasteiger partial charge in [-0.05, 0) is 37.8 Å². The Balaban J connectivity index is 2.94. The maximum Gasteiger partial charge on any atom is 0.338 e. The number of hydrogen-bond donors (Lipinski definition) is 0. The smallest absolute Gasteiger partial charge is 0.338 e. The average molecular weight is 210 g/mol. The van der Waals surface area contributed by atoms with Crippen molar-refractivity contribution in [3.8, 4) is 0 Å². The number of esters is 1. The van der Waals surface area contributed by atoms with E-state index in [9.17, 15) is 4.79 Å². The lowest BCUT2D eigenvalue weighted by Gasteiger charge is -2.05. The molecule has 0 saturated heterocycles. The Kier molecular flexibility index (Phi) is 4.01. The van der Waals surface area contributed by atoms with Crippen LogP contribution in [0.5, 0.6) is 0 Å². The molecule has 76 valence electrons. The van der Waals surface area contributed by atoms with E-state index < -0.39 is 0 Å². The highest BCUT2D eigenvalue weighted by Gasteiger charge is 2.07. The van der Waals surface area contributed by atoms with Crippen LogP contribution in [0.4, 0.5) is 0 Å². The summed E-state index contributed by atoms with van der Waals surface area (Å²) < 4.78 is 4.92. The van der Waals surface area contributed by atoms with Gasteiger partial charge in [-0.3, -0.25) is 0 Å². The molecule has 1 rings (SSSR count). The summed E-state index contributed by atoms with van der Waals surface area (Å²) in [5.41, 5.74) is 1.81. The second-order valence-corrected chi connectivity index (χ2v) is 3.75. The first-order valence-electron chi connectivity index (χ1n) is 4.50. The minimum atomic E-state index is -0.247. The Labute approximate surface area is 88.7 Å². The zero-order valence-electron chi connectivity index (χ0n) is 8.66. The van der Waals surface area contributed by atoms with Crippen molar-refractivity contribution in [2.75, 3.05) is 12.9 Å². The van der Waals surface area contributed by atoms with Gasteiger partial charge in [-0.2, -0.15) is 0 Å². The number of benzene rings is 1. The van der Waals surface area contributed by atoms with Crippen LogP contribution in [0.3, 0.4) is 0 Å². The van der Waals surface area contributed by atoms with Crippen molar-refractivity contribution in [1.29, 1.82) is 0 Å². The molecule has 1 aromatic rings. The SMILES string of the molecule is CCOC(=O)c1ccc(C)c(SC)c1. The molecule has 14 heavy (non-hydrogen) atoms. The Morgan fingerprint density at radius 3 is 2.79 bits per heavy atom. The number of aryl methyl sites for hydroxylation is 1. The summed E-state index contributed by atoms with van der Waals surface area (Å²) in [6.07, 6.45) is 2.00. The molecule has 0 heterocycles. The Hall–Kier alpha value is -0.960. The molecule has 0 unspecified atom stereocenters. The van der Waals surface area contributed by atoms with Gasteiger partial charge in [0.05, 0.1) is 12.2 Å². The maximum atomic E-state index is 11.4. The molecule has 0 bridgehead atoms. The van der Waals surface area contributed by atoms with Gasteiger partial charge < -0.3 is 4.74 Å². The molecule has 0 aliphatic rings. The van der Waals surface area contributed by atoms with Crippen LogP contribution in [0.1, 0.15) is 22.8 Å². The number of carbonyl (C=O) groups is 1. The minimum Gasteiger partial charge on any atom is -0.462 e. The molecule has 0 radical (unpaired) electrons. The van der Waals surface area contributed by atoms with Crippen LogP contribution < -0.4 is 0 Å². The van der Waals surface area contributed by atoms with Gasteiger partial charge in [0.1, 0.15) is 0 Å². The van der Waals surface area contributed by atoms with E-state index in [1.54, 1.807) is 17.8 Å². The summed E-state index contributed by atoms with van der Waals surface area (Å²) in [6.45, 7) is 4.25. The van der Waals surface area contributed by atoms with Crippen LogP contribution in [-0.4, -0.2) is 18.8 Å². The van der Waals surface area contributed by atoms with Crippen molar-refractivity contribution in [3.05, 3.63) is 29.3 Å². The Morgan fingerprint density at radius 1 is 1.50 bits per heavy atom. The van der Waals surface area contributed by atoms with Gasteiger partial charge in [-0.15, -0.1) is 11.8 Å². The van der Waals surface area contributed by atoms with Gasteiger partial charge in [0.2, 0.25) is 0 Å². The fraction of sp³-hybridized carbons (Fsp3) is 0.364. The number of hydrogen-bond acceptors (Lipinski definition) is 3. The van der Waals surface area contributed by atoms with E-state index in [-0.39, 0.29) is 5.97 Å². The van der Waals surface area contributed by atoms with Gasteiger partial charge in [-0.25, -0.2) is 4.79 Å². The summed E-state index contributed by atoms with van der Waals surface area (Å²) in [5.74, 6) is -0.247. The number of ether oxygens (including phenoxy) is 1. The van der Waals surface area contributed by atoms with E-state index in [0.717, 1.165) is 4.90 Å². The second-order valence-electron chi connectivity index (χ2n) is 2.90. The highest BCUT2D eigenvalue weighted by molar-refractivity contribution is 7.98. The molecule has 1 aromatic carbocycles. The topological polar surface area (TPSA) is 26.3 Å². The van der Waals surface area contributed by atoms with Crippen molar-refractivity contribution < 1.29 is 9.53 Å². The number of thioether (sulfide) groups is 1. The summed E-state index contributed by atoms with van der Waals surface area (Å²) in [4.78, 5) is 12.5. The number of rotatable bonds is 3. The zero-order chi connectivity index (χ0) is 10.6. The second kappa shape index (κ2) is 5.05. The van der Waals surface area contributed by atoms with E-state index in [4.69, 9.17) is 4.74 Å². The van der Waals surface area contributed by atoms with E-state index >= 15 is 0 Å². The summed E-state index contributed by atoms with van der Waals surface area (Å²) in [6, 6.07) is 5.61. The van der Waals surface area contributed by atoms with E-state index in [1.165, 1.54) is 5.56 Å². The zero-order valence-corrected chi connectivity index (χ0v) is 9.48. The molecule has 0 amide bonds. The van der Waals surface area contributed by atoms with Crippen LogP contribution in [0.25, 0.3) is 0 Å². The lowest BCUT2D eigenvalue weighted by atomic mass is 10.1. The Bertz CT molecular complexity index is 334. The van der Waals surface area contributed by atoms with Crippen molar-refractivity contribution >= 4 is 17.7 Å². The van der Waals surface area contributed by atoms with Crippen LogP contribution in [-0.2, 0) is 4.74 Å². The monoisotopic (exact) mass is 210 g/mol. The number of carbonyl (C=O) groups excluding carboxylic acids is 1. The molecular weight excluding hydrogens is 196 g/mol.